The van der Waals surface area contributed by atoms with E-state index in [1.165, 1.54) is 11.1 Å². The molecular formula is C18H23NO3. The summed E-state index contributed by atoms with van der Waals surface area (Å²) in [5.41, 5.74) is 2.63. The van der Waals surface area contributed by atoms with Crippen LogP contribution in [0.2, 0.25) is 0 Å². The van der Waals surface area contributed by atoms with E-state index in [1.807, 2.05) is 12.1 Å². The van der Waals surface area contributed by atoms with Gasteiger partial charge in [-0.05, 0) is 55.6 Å². The van der Waals surface area contributed by atoms with E-state index in [0.717, 1.165) is 32.1 Å². The number of benzene rings is 1. The van der Waals surface area contributed by atoms with E-state index in [2.05, 4.69) is 12.1 Å². The smallest absolute Gasteiger partial charge is 0.326 e. The fraction of sp³-hybridized carbons (Fsp3) is 0.556. The third-order valence-electron chi connectivity index (χ3n) is 5.02. The lowest BCUT2D eigenvalue weighted by Gasteiger charge is -2.35. The number of hydrogen-bond acceptors (Lipinski definition) is 2. The molecule has 0 saturated carbocycles. The van der Waals surface area contributed by atoms with E-state index in [0.29, 0.717) is 19.4 Å². The minimum absolute atomic E-state index is 0.00815. The van der Waals surface area contributed by atoms with Crippen molar-refractivity contribution in [2.45, 2.75) is 56.9 Å². The van der Waals surface area contributed by atoms with E-state index < -0.39 is 12.0 Å². The van der Waals surface area contributed by atoms with Crippen molar-refractivity contribution in [2.24, 2.45) is 0 Å². The first-order valence-electron chi connectivity index (χ1n) is 8.27. The van der Waals surface area contributed by atoms with Gasteiger partial charge in [0.2, 0.25) is 5.91 Å². The summed E-state index contributed by atoms with van der Waals surface area (Å²) in [4.78, 5) is 25.6. The molecule has 0 aromatic heterocycles. The Kier molecular flexibility index (Phi) is 4.46. The predicted octanol–water partition coefficient (Wildman–Crippen LogP) is 2.96. The molecule has 1 saturated heterocycles. The van der Waals surface area contributed by atoms with Crippen molar-refractivity contribution in [2.75, 3.05) is 6.54 Å². The molecule has 1 aliphatic heterocycles. The van der Waals surface area contributed by atoms with Crippen LogP contribution in [0.4, 0.5) is 0 Å². The lowest BCUT2D eigenvalue weighted by molar-refractivity contribution is -0.152. The van der Waals surface area contributed by atoms with Crippen LogP contribution in [0.25, 0.3) is 0 Å². The lowest BCUT2D eigenvalue weighted by Crippen LogP contribution is -2.48. The molecule has 118 valence electrons. The van der Waals surface area contributed by atoms with Crippen molar-refractivity contribution < 1.29 is 14.7 Å². The van der Waals surface area contributed by atoms with Crippen molar-refractivity contribution >= 4 is 11.9 Å². The van der Waals surface area contributed by atoms with Crippen molar-refractivity contribution in [1.29, 1.82) is 0 Å². The number of aryl methyl sites for hydroxylation is 1. The number of fused-ring (bicyclic) bond motifs is 1. The van der Waals surface area contributed by atoms with E-state index in [-0.39, 0.29) is 11.8 Å². The Morgan fingerprint density at radius 1 is 1.14 bits per heavy atom. The monoisotopic (exact) mass is 301 g/mol. The van der Waals surface area contributed by atoms with Crippen LogP contribution in [0.3, 0.4) is 0 Å². The summed E-state index contributed by atoms with van der Waals surface area (Å²) in [7, 11) is 0. The maximum atomic E-state index is 12.7. The molecule has 1 fully saturated rings. The zero-order valence-electron chi connectivity index (χ0n) is 12.8. The molecule has 1 heterocycles. The van der Waals surface area contributed by atoms with Gasteiger partial charge in [0.1, 0.15) is 6.04 Å². The Labute approximate surface area is 131 Å². The number of piperidine rings is 1. The van der Waals surface area contributed by atoms with Gasteiger partial charge in [0.15, 0.2) is 0 Å². The number of likely N-dealkylation sites (tertiary alicyclic amines) is 1. The average Bonchev–Trinajstić information content (AvgIpc) is 2.55. The number of carbonyl (C=O) groups excluding carboxylic acids is 1. The van der Waals surface area contributed by atoms with Gasteiger partial charge < -0.3 is 10.0 Å². The highest BCUT2D eigenvalue weighted by Gasteiger charge is 2.33. The van der Waals surface area contributed by atoms with E-state index in [9.17, 15) is 14.7 Å². The summed E-state index contributed by atoms with van der Waals surface area (Å²) in [6, 6.07) is 7.72. The van der Waals surface area contributed by atoms with Crippen molar-refractivity contribution in [3.63, 3.8) is 0 Å². The predicted molar refractivity (Wildman–Crippen MR) is 83.7 cm³/mol. The summed E-state index contributed by atoms with van der Waals surface area (Å²) in [6.45, 7) is 0.587. The minimum Gasteiger partial charge on any atom is -0.480 e. The first-order chi connectivity index (χ1) is 10.7. The standard InChI is InChI=1S/C18H23NO3/c20-17(19-11-4-3-10-16(19)18(21)22)12-14-8-5-7-13-6-1-2-9-15(13)14/h1-2,6,9,14,16H,3-5,7-8,10-12H2,(H,21,22)/t14?,16-/m1/s1. The SMILES string of the molecule is O=C(O)[C@H]1CCCCN1C(=O)CC1CCCc2ccccc21. The zero-order chi connectivity index (χ0) is 15.5. The third-order valence-corrected chi connectivity index (χ3v) is 5.02. The molecule has 1 aliphatic carbocycles. The zero-order valence-corrected chi connectivity index (χ0v) is 12.8. The first-order valence-corrected chi connectivity index (χ1v) is 8.27. The molecule has 22 heavy (non-hydrogen) atoms. The van der Waals surface area contributed by atoms with E-state index >= 15 is 0 Å². The van der Waals surface area contributed by atoms with Crippen LogP contribution in [0.5, 0.6) is 0 Å². The molecule has 1 aromatic carbocycles. The number of carbonyl (C=O) groups is 2. The summed E-state index contributed by atoms with van der Waals surface area (Å²) >= 11 is 0. The minimum atomic E-state index is -0.864. The molecule has 4 nitrogen and oxygen atoms in total. The maximum absolute atomic E-state index is 12.7. The van der Waals surface area contributed by atoms with Gasteiger partial charge in [0.05, 0.1) is 0 Å². The highest BCUT2D eigenvalue weighted by atomic mass is 16.4. The molecule has 2 atom stereocenters. The van der Waals surface area contributed by atoms with Crippen LogP contribution in [-0.2, 0) is 16.0 Å². The van der Waals surface area contributed by atoms with E-state index in [1.54, 1.807) is 4.90 Å². The molecule has 0 bridgehead atoms. The first kappa shape index (κ1) is 15.1. The maximum Gasteiger partial charge on any atom is 0.326 e. The fourth-order valence-corrected chi connectivity index (χ4v) is 3.88. The van der Waals surface area contributed by atoms with Gasteiger partial charge in [0, 0.05) is 13.0 Å². The molecule has 4 heteroatoms. The van der Waals surface area contributed by atoms with Gasteiger partial charge in [0.25, 0.3) is 0 Å². The van der Waals surface area contributed by atoms with Crippen LogP contribution >= 0.6 is 0 Å². The van der Waals surface area contributed by atoms with Crippen LogP contribution in [0.15, 0.2) is 24.3 Å². The second-order valence-corrected chi connectivity index (χ2v) is 6.43. The Morgan fingerprint density at radius 2 is 1.95 bits per heavy atom. The topological polar surface area (TPSA) is 57.6 Å². The molecule has 1 N–H and O–H groups in total. The Bertz CT molecular complexity index is 569. The number of carboxylic acids is 1. The van der Waals surface area contributed by atoms with Gasteiger partial charge >= 0.3 is 5.97 Å². The highest BCUT2D eigenvalue weighted by molar-refractivity contribution is 5.84. The molecule has 3 rings (SSSR count). The summed E-state index contributed by atoms with van der Waals surface area (Å²) in [5.74, 6) is -0.611. The number of nitrogens with zero attached hydrogens (tertiary/aromatic N) is 1. The molecular weight excluding hydrogens is 278 g/mol. The highest BCUT2D eigenvalue weighted by Crippen LogP contribution is 2.34. The number of carboxylic acid groups (broad SMARTS) is 1. The number of amides is 1. The van der Waals surface area contributed by atoms with Crippen LogP contribution in [-0.4, -0.2) is 34.5 Å². The number of hydrogen-bond donors (Lipinski definition) is 1. The van der Waals surface area contributed by atoms with Crippen LogP contribution in [0.1, 0.15) is 55.6 Å². The second-order valence-electron chi connectivity index (χ2n) is 6.43. The quantitative estimate of drug-likeness (QED) is 0.934. The molecule has 2 aliphatic rings. The molecule has 0 spiro atoms. The average molecular weight is 301 g/mol. The largest absolute Gasteiger partial charge is 0.480 e. The van der Waals surface area contributed by atoms with Gasteiger partial charge in [-0.25, -0.2) is 4.79 Å². The normalized spacial score (nSPS) is 24.6. The number of aliphatic carboxylic acids is 1. The van der Waals surface area contributed by atoms with Gasteiger partial charge in [-0.3, -0.25) is 4.79 Å². The summed E-state index contributed by atoms with van der Waals surface area (Å²) in [5, 5.41) is 9.33. The molecule has 0 radical (unpaired) electrons. The molecule has 1 aromatic rings. The lowest BCUT2D eigenvalue weighted by atomic mass is 9.80. The Hall–Kier alpha value is -1.84. The summed E-state index contributed by atoms with van der Waals surface area (Å²) in [6.07, 6.45) is 6.06. The summed E-state index contributed by atoms with van der Waals surface area (Å²) < 4.78 is 0. The van der Waals surface area contributed by atoms with Gasteiger partial charge in [-0.1, -0.05) is 24.3 Å². The van der Waals surface area contributed by atoms with Crippen LogP contribution < -0.4 is 0 Å². The van der Waals surface area contributed by atoms with Crippen molar-refractivity contribution in [3.8, 4) is 0 Å². The van der Waals surface area contributed by atoms with Crippen molar-refractivity contribution in [1.82, 2.24) is 4.90 Å². The fourth-order valence-electron chi connectivity index (χ4n) is 3.88. The number of rotatable bonds is 3. The molecule has 1 amide bonds. The van der Waals surface area contributed by atoms with E-state index in [4.69, 9.17) is 0 Å². The Morgan fingerprint density at radius 3 is 2.77 bits per heavy atom. The second kappa shape index (κ2) is 6.51. The van der Waals surface area contributed by atoms with Gasteiger partial charge in [-0.15, -0.1) is 0 Å². The molecule has 1 unspecified atom stereocenters. The van der Waals surface area contributed by atoms with Crippen molar-refractivity contribution in [3.05, 3.63) is 35.4 Å². The van der Waals surface area contributed by atoms with Gasteiger partial charge in [-0.2, -0.15) is 0 Å². The Balaban J connectivity index is 1.73. The van der Waals surface area contributed by atoms with Crippen LogP contribution in [0, 0.1) is 0 Å². The third kappa shape index (κ3) is 3.01.